The maximum Gasteiger partial charge on any atom is 0.262 e. The molecule has 1 saturated heterocycles. The number of carbonyl (C=O) groups excluding carboxylic acids is 1. The number of carbonyl (C=O) groups is 1. The Morgan fingerprint density at radius 3 is 2.43 bits per heavy atom. The molecule has 53 heavy (non-hydrogen) atoms. The zero-order valence-corrected chi connectivity index (χ0v) is 30.7. The van der Waals surface area contributed by atoms with Crippen LogP contribution in [0.5, 0.6) is 23.1 Å². The van der Waals surface area contributed by atoms with Gasteiger partial charge in [-0.1, -0.05) is 29.4 Å². The Kier molecular flexibility index (Phi) is 12.1. The molecular formula is C39H45FN8O5. The fourth-order valence-electron chi connectivity index (χ4n) is 5.97. The third-order valence-corrected chi connectivity index (χ3v) is 9.01. The molecule has 5 aromatic rings. The van der Waals surface area contributed by atoms with Gasteiger partial charge in [-0.2, -0.15) is 9.97 Å². The van der Waals surface area contributed by atoms with Crippen molar-refractivity contribution in [1.29, 1.82) is 0 Å². The van der Waals surface area contributed by atoms with Gasteiger partial charge < -0.3 is 39.2 Å². The maximum absolute atomic E-state index is 15.1. The number of anilines is 3. The summed E-state index contributed by atoms with van der Waals surface area (Å²) in [5.41, 5.74) is 3.91. The van der Waals surface area contributed by atoms with Gasteiger partial charge in [-0.3, -0.25) is 4.79 Å². The molecule has 0 bridgehead atoms. The molecule has 0 radical (unpaired) electrons. The van der Waals surface area contributed by atoms with Gasteiger partial charge in [0.25, 0.3) is 5.91 Å². The number of methoxy groups -OCH3 is 1. The van der Waals surface area contributed by atoms with Gasteiger partial charge in [-0.15, -0.1) is 0 Å². The summed E-state index contributed by atoms with van der Waals surface area (Å²) in [5, 5.41) is 9.85. The minimum absolute atomic E-state index is 0.0283. The van der Waals surface area contributed by atoms with E-state index in [1.54, 1.807) is 25.1 Å². The lowest BCUT2D eigenvalue weighted by Crippen LogP contribution is -2.44. The Hall–Kier alpha value is -5.60. The van der Waals surface area contributed by atoms with Crippen LogP contribution in [-0.4, -0.2) is 89.3 Å². The molecule has 1 fully saturated rings. The van der Waals surface area contributed by atoms with Crippen LogP contribution in [0.25, 0.3) is 0 Å². The summed E-state index contributed by atoms with van der Waals surface area (Å²) in [6.45, 7) is 11.1. The van der Waals surface area contributed by atoms with Crippen LogP contribution in [0.4, 0.5) is 21.7 Å². The van der Waals surface area contributed by atoms with Gasteiger partial charge in [0, 0.05) is 62.8 Å². The second kappa shape index (κ2) is 17.3. The highest BCUT2D eigenvalue weighted by Crippen LogP contribution is 2.35. The van der Waals surface area contributed by atoms with Gasteiger partial charge >= 0.3 is 0 Å². The Morgan fingerprint density at radius 2 is 1.72 bits per heavy atom. The van der Waals surface area contributed by atoms with E-state index < -0.39 is 11.7 Å². The number of nitrogens with one attached hydrogen (secondary N) is 2. The highest BCUT2D eigenvalue weighted by Gasteiger charge is 2.21. The summed E-state index contributed by atoms with van der Waals surface area (Å²) in [6, 6.07) is 15.8. The molecule has 0 atom stereocenters. The fourth-order valence-corrected chi connectivity index (χ4v) is 5.97. The van der Waals surface area contributed by atoms with E-state index in [4.69, 9.17) is 18.7 Å². The summed E-state index contributed by atoms with van der Waals surface area (Å²) >= 11 is 0. The Morgan fingerprint density at radius 1 is 0.943 bits per heavy atom. The average Bonchev–Trinajstić information content (AvgIpc) is 3.57. The minimum atomic E-state index is -0.519. The first-order valence-electron chi connectivity index (χ1n) is 17.6. The van der Waals surface area contributed by atoms with Crippen molar-refractivity contribution in [2.75, 3.05) is 64.1 Å². The van der Waals surface area contributed by atoms with Gasteiger partial charge in [0.1, 0.15) is 5.56 Å². The first-order chi connectivity index (χ1) is 25.6. The second-order valence-corrected chi connectivity index (χ2v) is 13.1. The summed E-state index contributed by atoms with van der Waals surface area (Å²) in [5.74, 6) is 1.13. The van der Waals surface area contributed by atoms with Crippen molar-refractivity contribution >= 4 is 23.2 Å². The molecular weight excluding hydrogens is 679 g/mol. The van der Waals surface area contributed by atoms with Crippen LogP contribution < -0.4 is 24.8 Å². The minimum Gasteiger partial charge on any atom is -0.493 e. The summed E-state index contributed by atoms with van der Waals surface area (Å²) in [7, 11) is 3.66. The molecule has 1 aliphatic rings. The van der Waals surface area contributed by atoms with Crippen molar-refractivity contribution in [3.63, 3.8) is 0 Å². The number of amides is 1. The third kappa shape index (κ3) is 9.84. The molecule has 2 aromatic heterocycles. The van der Waals surface area contributed by atoms with Crippen molar-refractivity contribution in [3.8, 4) is 23.1 Å². The van der Waals surface area contributed by atoms with Crippen molar-refractivity contribution in [3.05, 3.63) is 101 Å². The molecule has 3 aromatic carbocycles. The smallest absolute Gasteiger partial charge is 0.262 e. The zero-order chi connectivity index (χ0) is 37.3. The van der Waals surface area contributed by atoms with Crippen LogP contribution in [0.15, 0.2) is 65.3 Å². The number of halogens is 1. The average molecular weight is 725 g/mol. The van der Waals surface area contributed by atoms with Crippen LogP contribution in [0.2, 0.25) is 0 Å². The van der Waals surface area contributed by atoms with E-state index in [0.29, 0.717) is 54.0 Å². The number of hydrogen-bond donors (Lipinski definition) is 2. The van der Waals surface area contributed by atoms with Gasteiger partial charge in [0.05, 0.1) is 13.7 Å². The number of likely N-dealkylation sites (N-methyl/N-ethyl adjacent to an activating group) is 1. The lowest BCUT2D eigenvalue weighted by molar-refractivity contribution is 0.102. The standard InChI is InChI=1S/C39H45FN8O5/c1-25-8-6-9-26(2)36(25)44-37(49)30-24-41-39(43-29-12-14-32(31(40)23-29)51-21-7-16-48-19-17-47(4)18-20-48)45-38(30)52-33-13-10-28(22-34(33)50-5)11-15-35-42-27(3)46-53-35/h6,8-10,12-14,22-24H,7,11,15-21H2,1-5H3,(H,44,49)(H,41,43,45). The SMILES string of the molecule is COc1cc(CCc2nc(C)no2)ccc1Oc1nc(Nc2ccc(OCCCN3CCN(C)CC3)c(F)c2)ncc1C(=O)Nc1c(C)cccc1C. The van der Waals surface area contributed by atoms with E-state index >= 15 is 4.39 Å². The number of aromatic nitrogens is 4. The molecule has 1 amide bonds. The molecule has 0 spiro atoms. The quantitative estimate of drug-likeness (QED) is 0.114. The lowest BCUT2D eigenvalue weighted by Gasteiger charge is -2.32. The van der Waals surface area contributed by atoms with Gasteiger partial charge in [0.2, 0.25) is 17.7 Å². The first kappa shape index (κ1) is 37.2. The predicted molar refractivity (Wildman–Crippen MR) is 199 cm³/mol. The van der Waals surface area contributed by atoms with Crippen LogP contribution in [0, 0.1) is 26.6 Å². The largest absolute Gasteiger partial charge is 0.493 e. The van der Waals surface area contributed by atoms with Crippen molar-refractivity contribution in [2.45, 2.75) is 40.0 Å². The van der Waals surface area contributed by atoms with E-state index in [1.165, 1.54) is 19.4 Å². The normalized spacial score (nSPS) is 13.5. The third-order valence-electron chi connectivity index (χ3n) is 9.01. The fraction of sp³-hybridized carbons (Fsp3) is 0.359. The van der Waals surface area contributed by atoms with Gasteiger partial charge in [-0.05, 0) is 81.6 Å². The Bertz CT molecular complexity index is 2010. The zero-order valence-electron chi connectivity index (χ0n) is 30.7. The van der Waals surface area contributed by atoms with E-state index in [2.05, 4.69) is 47.6 Å². The van der Waals surface area contributed by atoms with Crippen LogP contribution in [0.1, 0.15) is 45.2 Å². The molecule has 3 heterocycles. The number of piperazine rings is 1. The monoisotopic (exact) mass is 724 g/mol. The highest BCUT2D eigenvalue weighted by molar-refractivity contribution is 6.06. The molecule has 0 aliphatic carbocycles. The number of ether oxygens (including phenoxy) is 3. The van der Waals surface area contributed by atoms with E-state index in [1.807, 2.05) is 44.2 Å². The van der Waals surface area contributed by atoms with Gasteiger partial charge in [-0.25, -0.2) is 9.37 Å². The molecule has 13 nitrogen and oxygen atoms in total. The van der Waals surface area contributed by atoms with Crippen LogP contribution >= 0.6 is 0 Å². The number of para-hydroxylation sites is 1. The molecule has 278 valence electrons. The second-order valence-electron chi connectivity index (χ2n) is 13.1. The molecule has 6 rings (SSSR count). The lowest BCUT2D eigenvalue weighted by atomic mass is 10.1. The predicted octanol–water partition coefficient (Wildman–Crippen LogP) is 6.52. The van der Waals surface area contributed by atoms with E-state index in [0.717, 1.165) is 55.8 Å². The Balaban J connectivity index is 1.18. The molecule has 14 heteroatoms. The summed E-state index contributed by atoms with van der Waals surface area (Å²) < 4.78 is 38.1. The summed E-state index contributed by atoms with van der Waals surface area (Å²) in [6.07, 6.45) is 3.35. The maximum atomic E-state index is 15.1. The van der Waals surface area contributed by atoms with E-state index in [9.17, 15) is 4.79 Å². The van der Waals surface area contributed by atoms with Crippen LogP contribution in [0.3, 0.4) is 0 Å². The van der Waals surface area contributed by atoms with Crippen molar-refractivity contribution in [2.24, 2.45) is 0 Å². The highest BCUT2D eigenvalue weighted by atomic mass is 19.1. The number of nitrogens with zero attached hydrogens (tertiary/aromatic N) is 6. The number of benzene rings is 3. The Labute approximate surface area is 308 Å². The van der Waals surface area contributed by atoms with Gasteiger partial charge in [0.15, 0.2) is 28.9 Å². The molecule has 0 unspecified atom stereocenters. The first-order valence-corrected chi connectivity index (χ1v) is 17.6. The number of hydrogen-bond acceptors (Lipinski definition) is 12. The molecule has 1 aliphatic heterocycles. The molecule has 2 N–H and O–H groups in total. The van der Waals surface area contributed by atoms with E-state index in [-0.39, 0.29) is 23.1 Å². The number of aryl methyl sites for hydroxylation is 5. The van der Waals surface area contributed by atoms with Crippen LogP contribution in [-0.2, 0) is 12.8 Å². The van der Waals surface area contributed by atoms with Crippen molar-refractivity contribution in [1.82, 2.24) is 29.9 Å². The summed E-state index contributed by atoms with van der Waals surface area (Å²) in [4.78, 5) is 31.6. The van der Waals surface area contributed by atoms with Crippen molar-refractivity contribution < 1.29 is 27.9 Å². The number of rotatable bonds is 15. The topological polar surface area (TPSA) is 140 Å². The molecule has 0 saturated carbocycles.